The molecule has 5 heteroatoms. The molecule has 0 fully saturated rings. The molecule has 1 N–H and O–H groups in total. The molecular formula is C15H12F2N2O. The predicted molar refractivity (Wildman–Crippen MR) is 71.7 cm³/mol. The molecule has 3 aromatic rings. The van der Waals surface area contributed by atoms with E-state index in [0.29, 0.717) is 11.1 Å². The second kappa shape index (κ2) is 4.38. The number of aliphatic hydroxyl groups is 1. The lowest BCUT2D eigenvalue weighted by molar-refractivity contribution is -0.0767. The summed E-state index contributed by atoms with van der Waals surface area (Å²) < 4.78 is 28.1. The van der Waals surface area contributed by atoms with E-state index in [4.69, 9.17) is 0 Å². The number of benzene rings is 2. The van der Waals surface area contributed by atoms with Crippen LogP contribution in [0.5, 0.6) is 0 Å². The summed E-state index contributed by atoms with van der Waals surface area (Å²) in [5.74, 6) is -2.70. The Morgan fingerprint density at radius 2 is 1.85 bits per heavy atom. The van der Waals surface area contributed by atoms with Gasteiger partial charge in [-0.05, 0) is 43.3 Å². The normalized spacial score (nSPS) is 14.4. The van der Waals surface area contributed by atoms with E-state index >= 15 is 0 Å². The molecule has 102 valence electrons. The van der Waals surface area contributed by atoms with Gasteiger partial charge in [0.25, 0.3) is 0 Å². The largest absolute Gasteiger partial charge is 0.358 e. The average Bonchev–Trinajstić information content (AvgIpc) is 2.81. The molecule has 0 bridgehead atoms. The number of halogens is 2. The minimum absolute atomic E-state index is 0.170. The van der Waals surface area contributed by atoms with Gasteiger partial charge in [0.05, 0.1) is 17.4 Å². The Labute approximate surface area is 114 Å². The molecule has 3 nitrogen and oxygen atoms in total. The summed E-state index contributed by atoms with van der Waals surface area (Å²) in [5, 5.41) is 14.3. The molecule has 2 aromatic carbocycles. The predicted octanol–water partition coefficient (Wildman–Crippen LogP) is 3.30. The molecule has 0 aliphatic carbocycles. The molecule has 0 radical (unpaired) electrons. The van der Waals surface area contributed by atoms with E-state index in [9.17, 15) is 13.9 Å². The number of aromatic nitrogens is 2. The fourth-order valence-corrected chi connectivity index (χ4v) is 2.10. The van der Waals surface area contributed by atoms with E-state index < -0.39 is 5.85 Å². The van der Waals surface area contributed by atoms with Crippen molar-refractivity contribution < 1.29 is 13.9 Å². The number of hydrogen-bond donors (Lipinski definition) is 1. The van der Waals surface area contributed by atoms with Gasteiger partial charge in [-0.25, -0.2) is 13.5 Å². The molecular weight excluding hydrogens is 262 g/mol. The standard InChI is InChI=1S/C15H12F2N2O/c1-15(17,20)11-2-7-14-10(8-11)9-18-19(14)13-5-3-12(16)4-6-13/h2-9,20H,1H3. The summed E-state index contributed by atoms with van der Waals surface area (Å²) in [4.78, 5) is 0. The lowest BCUT2D eigenvalue weighted by atomic mass is 10.1. The van der Waals surface area contributed by atoms with Crippen molar-refractivity contribution in [2.45, 2.75) is 12.8 Å². The maximum atomic E-state index is 13.5. The van der Waals surface area contributed by atoms with E-state index in [-0.39, 0.29) is 11.4 Å². The summed E-state index contributed by atoms with van der Waals surface area (Å²) in [6.07, 6.45) is 1.58. The van der Waals surface area contributed by atoms with Crippen molar-refractivity contribution in [1.29, 1.82) is 0 Å². The fourth-order valence-electron chi connectivity index (χ4n) is 2.10. The Bertz CT molecular complexity index is 758. The minimum Gasteiger partial charge on any atom is -0.358 e. The molecule has 0 amide bonds. The maximum absolute atomic E-state index is 13.5. The average molecular weight is 274 g/mol. The first kappa shape index (κ1) is 12.7. The molecule has 0 aliphatic rings. The Morgan fingerprint density at radius 1 is 1.15 bits per heavy atom. The van der Waals surface area contributed by atoms with E-state index in [1.807, 2.05) is 0 Å². The monoisotopic (exact) mass is 274 g/mol. The Kier molecular flexibility index (Phi) is 2.79. The Balaban J connectivity index is 2.13. The summed E-state index contributed by atoms with van der Waals surface area (Å²) in [5.41, 5.74) is 1.63. The van der Waals surface area contributed by atoms with Crippen molar-refractivity contribution in [3.63, 3.8) is 0 Å². The van der Waals surface area contributed by atoms with Gasteiger partial charge in [0.1, 0.15) is 5.82 Å². The summed E-state index contributed by atoms with van der Waals surface area (Å²) in [7, 11) is 0. The highest BCUT2D eigenvalue weighted by Gasteiger charge is 2.22. The number of rotatable bonds is 2. The molecule has 1 aromatic heterocycles. The van der Waals surface area contributed by atoms with Crippen molar-refractivity contribution >= 4 is 10.9 Å². The zero-order valence-corrected chi connectivity index (χ0v) is 10.7. The van der Waals surface area contributed by atoms with Crippen LogP contribution in [0.2, 0.25) is 0 Å². The van der Waals surface area contributed by atoms with Crippen LogP contribution >= 0.6 is 0 Å². The molecule has 1 heterocycles. The Hall–Kier alpha value is -2.27. The van der Waals surface area contributed by atoms with Crippen molar-refractivity contribution in [3.05, 3.63) is 60.0 Å². The third-order valence-corrected chi connectivity index (χ3v) is 3.17. The molecule has 0 spiro atoms. The first-order chi connectivity index (χ1) is 9.45. The van der Waals surface area contributed by atoms with E-state index in [1.54, 1.807) is 35.1 Å². The topological polar surface area (TPSA) is 38.1 Å². The molecule has 1 unspecified atom stereocenters. The Morgan fingerprint density at radius 3 is 2.50 bits per heavy atom. The number of hydrogen-bond acceptors (Lipinski definition) is 2. The van der Waals surface area contributed by atoms with Gasteiger partial charge in [-0.15, -0.1) is 0 Å². The number of alkyl halides is 1. The first-order valence-corrected chi connectivity index (χ1v) is 6.11. The zero-order chi connectivity index (χ0) is 14.3. The molecule has 20 heavy (non-hydrogen) atoms. The van der Waals surface area contributed by atoms with Gasteiger partial charge in [0, 0.05) is 10.9 Å². The van der Waals surface area contributed by atoms with E-state index in [1.165, 1.54) is 18.2 Å². The highest BCUT2D eigenvalue weighted by molar-refractivity contribution is 5.81. The second-order valence-electron chi connectivity index (χ2n) is 4.76. The quantitative estimate of drug-likeness (QED) is 0.778. The number of nitrogens with zero attached hydrogens (tertiary/aromatic N) is 2. The highest BCUT2D eigenvalue weighted by Crippen LogP contribution is 2.26. The van der Waals surface area contributed by atoms with Gasteiger partial charge in [-0.3, -0.25) is 0 Å². The smallest absolute Gasteiger partial charge is 0.230 e. The zero-order valence-electron chi connectivity index (χ0n) is 10.7. The van der Waals surface area contributed by atoms with Crippen LogP contribution in [-0.4, -0.2) is 14.9 Å². The lowest BCUT2D eigenvalue weighted by Crippen LogP contribution is -2.12. The van der Waals surface area contributed by atoms with Crippen LogP contribution in [0.1, 0.15) is 12.5 Å². The van der Waals surface area contributed by atoms with Gasteiger partial charge in [-0.1, -0.05) is 6.07 Å². The molecule has 0 aliphatic heterocycles. The second-order valence-corrected chi connectivity index (χ2v) is 4.76. The van der Waals surface area contributed by atoms with Crippen molar-refractivity contribution in [3.8, 4) is 5.69 Å². The van der Waals surface area contributed by atoms with Crippen LogP contribution in [0.15, 0.2) is 48.7 Å². The van der Waals surface area contributed by atoms with Gasteiger partial charge < -0.3 is 5.11 Å². The van der Waals surface area contributed by atoms with Crippen LogP contribution in [0, 0.1) is 5.82 Å². The van der Waals surface area contributed by atoms with Crippen molar-refractivity contribution in [1.82, 2.24) is 9.78 Å². The summed E-state index contributed by atoms with van der Waals surface area (Å²) in [6.45, 7) is 1.08. The van der Waals surface area contributed by atoms with Gasteiger partial charge in [-0.2, -0.15) is 5.10 Å². The fraction of sp³-hybridized carbons (Fsp3) is 0.133. The van der Waals surface area contributed by atoms with Crippen molar-refractivity contribution in [2.24, 2.45) is 0 Å². The van der Waals surface area contributed by atoms with Crippen LogP contribution in [0.25, 0.3) is 16.6 Å². The van der Waals surface area contributed by atoms with Gasteiger partial charge >= 0.3 is 0 Å². The molecule has 1 atom stereocenters. The van der Waals surface area contributed by atoms with Crippen LogP contribution < -0.4 is 0 Å². The van der Waals surface area contributed by atoms with Crippen LogP contribution in [-0.2, 0) is 5.85 Å². The lowest BCUT2D eigenvalue weighted by Gasteiger charge is -2.13. The molecule has 0 saturated carbocycles. The summed E-state index contributed by atoms with van der Waals surface area (Å²) >= 11 is 0. The SMILES string of the molecule is CC(O)(F)c1ccc2c(cnn2-c2ccc(F)cc2)c1. The highest BCUT2D eigenvalue weighted by atomic mass is 19.2. The third kappa shape index (κ3) is 2.16. The molecule has 0 saturated heterocycles. The van der Waals surface area contributed by atoms with Crippen LogP contribution in [0.3, 0.4) is 0 Å². The molecule has 3 rings (SSSR count). The van der Waals surface area contributed by atoms with Gasteiger partial charge in [0.15, 0.2) is 0 Å². The van der Waals surface area contributed by atoms with Crippen LogP contribution in [0.4, 0.5) is 8.78 Å². The van der Waals surface area contributed by atoms with Gasteiger partial charge in [0.2, 0.25) is 5.85 Å². The maximum Gasteiger partial charge on any atom is 0.230 e. The summed E-state index contributed by atoms with van der Waals surface area (Å²) in [6, 6.07) is 10.6. The van der Waals surface area contributed by atoms with E-state index in [2.05, 4.69) is 5.10 Å². The third-order valence-electron chi connectivity index (χ3n) is 3.17. The first-order valence-electron chi connectivity index (χ1n) is 6.11. The van der Waals surface area contributed by atoms with Crippen molar-refractivity contribution in [2.75, 3.05) is 0 Å². The van der Waals surface area contributed by atoms with E-state index in [0.717, 1.165) is 12.4 Å². The number of fused-ring (bicyclic) bond motifs is 1. The minimum atomic E-state index is -2.38.